The van der Waals surface area contributed by atoms with E-state index in [0.717, 1.165) is 24.4 Å². The summed E-state index contributed by atoms with van der Waals surface area (Å²) >= 11 is 0. The van der Waals surface area contributed by atoms with Crippen LogP contribution in [0.4, 0.5) is 14.7 Å². The summed E-state index contributed by atoms with van der Waals surface area (Å²) in [5.74, 6) is -0.0582. The number of pyridine rings is 1. The minimum atomic E-state index is -0.587. The van der Waals surface area contributed by atoms with Gasteiger partial charge in [-0.15, -0.1) is 10.2 Å². The van der Waals surface area contributed by atoms with Crippen LogP contribution in [0, 0.1) is 11.8 Å². The summed E-state index contributed by atoms with van der Waals surface area (Å²) in [4.78, 5) is 13.1. The highest BCUT2D eigenvalue weighted by atomic mass is 19.1. The number of amidine groups is 1. The lowest BCUT2D eigenvalue weighted by molar-refractivity contribution is 0.258. The van der Waals surface area contributed by atoms with Gasteiger partial charge in [0.25, 0.3) is 5.95 Å². The molecule has 1 aromatic carbocycles. The Balaban J connectivity index is 1.47. The van der Waals surface area contributed by atoms with Gasteiger partial charge in [-0.05, 0) is 36.2 Å². The molecule has 1 saturated heterocycles. The number of fused-ring (bicyclic) bond motifs is 1. The topological polar surface area (TPSA) is 104 Å². The van der Waals surface area contributed by atoms with E-state index in [1.165, 1.54) is 22.6 Å². The highest BCUT2D eigenvalue weighted by Crippen LogP contribution is 2.26. The van der Waals surface area contributed by atoms with Crippen LogP contribution in [-0.4, -0.2) is 60.7 Å². The number of aliphatic imine (C=N–C) groups is 1. The molecule has 3 aromatic heterocycles. The number of aliphatic hydroxyl groups is 1. The summed E-state index contributed by atoms with van der Waals surface area (Å²) in [6.07, 6.45) is 2.70. The van der Waals surface area contributed by atoms with Gasteiger partial charge in [0.1, 0.15) is 17.5 Å². The van der Waals surface area contributed by atoms with Gasteiger partial charge in [0, 0.05) is 43.8 Å². The lowest BCUT2D eigenvalue weighted by atomic mass is 9.99. The third-order valence-corrected chi connectivity index (χ3v) is 5.72. The van der Waals surface area contributed by atoms with E-state index in [4.69, 9.17) is 0 Å². The maximum atomic E-state index is 15.3. The van der Waals surface area contributed by atoms with Crippen molar-refractivity contribution in [1.29, 1.82) is 0 Å². The molecule has 1 aliphatic rings. The Bertz CT molecular complexity index is 1360. The Morgan fingerprint density at radius 3 is 2.71 bits per heavy atom. The van der Waals surface area contributed by atoms with Crippen molar-refractivity contribution in [2.75, 3.05) is 20.2 Å². The molecular weight excluding hydrogens is 442 g/mol. The molecule has 5 rings (SSSR count). The number of halogens is 2. The van der Waals surface area contributed by atoms with Crippen LogP contribution in [0.15, 0.2) is 53.7 Å². The molecule has 4 aromatic rings. The average molecular weight is 464 g/mol. The van der Waals surface area contributed by atoms with E-state index in [1.807, 2.05) is 12.1 Å². The molecule has 0 aliphatic carbocycles. The predicted molar refractivity (Wildman–Crippen MR) is 121 cm³/mol. The molecule has 0 spiro atoms. The van der Waals surface area contributed by atoms with E-state index in [1.54, 1.807) is 30.5 Å². The van der Waals surface area contributed by atoms with E-state index in [9.17, 15) is 9.50 Å². The quantitative estimate of drug-likeness (QED) is 0.423. The van der Waals surface area contributed by atoms with Crippen LogP contribution in [0.2, 0.25) is 0 Å². The lowest BCUT2D eigenvalue weighted by Crippen LogP contribution is -2.29. The molecule has 1 fully saturated rings. The molecule has 0 saturated carbocycles. The molecule has 174 valence electrons. The van der Waals surface area contributed by atoms with Crippen LogP contribution in [0.1, 0.15) is 23.7 Å². The second-order valence-electron chi connectivity index (χ2n) is 8.02. The lowest BCUT2D eigenvalue weighted by Gasteiger charge is -2.13. The summed E-state index contributed by atoms with van der Waals surface area (Å²) in [5, 5.41) is 20.0. The summed E-state index contributed by atoms with van der Waals surface area (Å²) in [6.45, 7) is 0.528. The second kappa shape index (κ2) is 9.20. The third-order valence-electron chi connectivity index (χ3n) is 5.72. The highest BCUT2D eigenvalue weighted by Gasteiger charge is 2.21. The molecule has 4 heterocycles. The molecule has 34 heavy (non-hydrogen) atoms. The number of aromatic nitrogens is 5. The number of hydrazine groups is 1. The molecule has 1 atom stereocenters. The van der Waals surface area contributed by atoms with E-state index in [-0.39, 0.29) is 29.8 Å². The van der Waals surface area contributed by atoms with Crippen molar-refractivity contribution in [3.63, 3.8) is 0 Å². The maximum absolute atomic E-state index is 15.3. The van der Waals surface area contributed by atoms with Crippen LogP contribution >= 0.6 is 0 Å². The van der Waals surface area contributed by atoms with Gasteiger partial charge >= 0.3 is 0 Å². The van der Waals surface area contributed by atoms with Crippen molar-refractivity contribution >= 4 is 17.4 Å². The van der Waals surface area contributed by atoms with E-state index < -0.39 is 11.9 Å². The van der Waals surface area contributed by atoms with Gasteiger partial charge in [-0.1, -0.05) is 12.1 Å². The van der Waals surface area contributed by atoms with Crippen LogP contribution in [0.5, 0.6) is 0 Å². The number of benzene rings is 1. The summed E-state index contributed by atoms with van der Waals surface area (Å²) in [5.41, 5.74) is 5.23. The molecule has 0 amide bonds. The van der Waals surface area contributed by atoms with Crippen molar-refractivity contribution in [2.24, 2.45) is 4.99 Å². The smallest absolute Gasteiger partial charge is 0.251 e. The zero-order valence-electron chi connectivity index (χ0n) is 18.4. The molecule has 0 bridgehead atoms. The standard InChI is InChI=1S/C23H22F2N8O/c1-32-20(7-9-27-32)29-23-26-8-6-18(28-23)15-11-19(25)33-21(12-15)30-31-22(33)16(13-34)10-14-2-4-17(24)5-3-14/h2-6,8,11-12,16,27,34H,7,9-10,13H2,1H3. The fourth-order valence-electron chi connectivity index (χ4n) is 3.95. The number of rotatable bonds is 6. The van der Waals surface area contributed by atoms with Crippen molar-refractivity contribution in [3.8, 4) is 11.3 Å². The van der Waals surface area contributed by atoms with Crippen molar-refractivity contribution in [2.45, 2.75) is 18.8 Å². The SMILES string of the molecule is CN1NCCC1=Nc1nccc(-c2cc(F)n3c(C(CO)Cc4ccc(F)cc4)nnc3c2)n1. The average Bonchev–Trinajstić information content (AvgIpc) is 3.45. The predicted octanol–water partition coefficient (Wildman–Crippen LogP) is 2.65. The number of aliphatic hydroxyl groups excluding tert-OH is 1. The van der Waals surface area contributed by atoms with Gasteiger partial charge < -0.3 is 5.11 Å². The number of nitrogens with one attached hydrogen (secondary N) is 1. The van der Waals surface area contributed by atoms with Crippen LogP contribution < -0.4 is 5.43 Å². The minimum absolute atomic E-state index is 0.266. The van der Waals surface area contributed by atoms with Gasteiger partial charge in [-0.3, -0.25) is 9.41 Å². The highest BCUT2D eigenvalue weighted by molar-refractivity contribution is 5.85. The molecule has 1 aliphatic heterocycles. The maximum Gasteiger partial charge on any atom is 0.251 e. The van der Waals surface area contributed by atoms with Gasteiger partial charge in [-0.25, -0.2) is 19.8 Å². The fourth-order valence-corrected chi connectivity index (χ4v) is 3.95. The minimum Gasteiger partial charge on any atom is -0.396 e. The van der Waals surface area contributed by atoms with E-state index in [2.05, 4.69) is 30.6 Å². The number of hydrogen-bond acceptors (Lipinski definition) is 7. The molecular formula is C23H22F2N8O. The Labute approximate surface area is 193 Å². The largest absolute Gasteiger partial charge is 0.396 e. The fraction of sp³-hybridized carbons (Fsp3) is 0.261. The summed E-state index contributed by atoms with van der Waals surface area (Å²) < 4.78 is 29.7. The monoisotopic (exact) mass is 464 g/mol. The molecule has 2 N–H and O–H groups in total. The first-order valence-electron chi connectivity index (χ1n) is 10.8. The zero-order valence-corrected chi connectivity index (χ0v) is 18.4. The first-order chi connectivity index (χ1) is 16.5. The Kier molecular flexibility index (Phi) is 5.95. The first-order valence-corrected chi connectivity index (χ1v) is 10.8. The van der Waals surface area contributed by atoms with Crippen molar-refractivity contribution in [3.05, 3.63) is 71.8 Å². The van der Waals surface area contributed by atoms with E-state index >= 15 is 4.39 Å². The van der Waals surface area contributed by atoms with Crippen LogP contribution in [0.3, 0.4) is 0 Å². The van der Waals surface area contributed by atoms with Crippen molar-refractivity contribution in [1.82, 2.24) is 35.0 Å². The second-order valence-corrected chi connectivity index (χ2v) is 8.02. The van der Waals surface area contributed by atoms with Crippen LogP contribution in [0.25, 0.3) is 16.9 Å². The Morgan fingerprint density at radius 1 is 1.15 bits per heavy atom. The van der Waals surface area contributed by atoms with Gasteiger partial charge in [0.05, 0.1) is 12.3 Å². The molecule has 11 heteroatoms. The number of nitrogens with zero attached hydrogens (tertiary/aromatic N) is 7. The Morgan fingerprint density at radius 2 is 1.97 bits per heavy atom. The zero-order chi connectivity index (χ0) is 23.7. The first kappa shape index (κ1) is 22.0. The summed E-state index contributed by atoms with van der Waals surface area (Å²) in [7, 11) is 1.87. The van der Waals surface area contributed by atoms with E-state index in [0.29, 0.717) is 17.7 Å². The van der Waals surface area contributed by atoms with Crippen LogP contribution in [-0.2, 0) is 6.42 Å². The molecule has 1 unspecified atom stereocenters. The summed E-state index contributed by atoms with van der Waals surface area (Å²) in [6, 6.07) is 10.6. The normalized spacial score (nSPS) is 16.0. The Hall–Kier alpha value is -3.83. The molecule has 0 radical (unpaired) electrons. The van der Waals surface area contributed by atoms with Gasteiger partial charge in [-0.2, -0.15) is 9.38 Å². The molecule has 9 nitrogen and oxygen atoms in total. The number of hydrogen-bond donors (Lipinski definition) is 2. The van der Waals surface area contributed by atoms with Crippen molar-refractivity contribution < 1.29 is 13.9 Å². The third kappa shape index (κ3) is 4.35. The van der Waals surface area contributed by atoms with Gasteiger partial charge in [0.2, 0.25) is 5.95 Å². The van der Waals surface area contributed by atoms with Gasteiger partial charge in [0.15, 0.2) is 5.65 Å².